The Hall–Kier alpha value is -3.69. The predicted octanol–water partition coefficient (Wildman–Crippen LogP) is 5.24. The van der Waals surface area contributed by atoms with E-state index in [0.29, 0.717) is 29.2 Å². The maximum atomic E-state index is 13.3. The Morgan fingerprint density at radius 2 is 1.86 bits per heavy atom. The molecule has 3 aromatic rings. The molecule has 1 amide bonds. The van der Waals surface area contributed by atoms with Crippen LogP contribution in [-0.4, -0.2) is 32.2 Å². The van der Waals surface area contributed by atoms with E-state index < -0.39 is 17.2 Å². The number of halogens is 3. The molecule has 1 aliphatic rings. The first-order valence-corrected chi connectivity index (χ1v) is 11.8. The summed E-state index contributed by atoms with van der Waals surface area (Å²) in [6.07, 6.45) is 3.23. The van der Waals surface area contributed by atoms with E-state index in [1.165, 1.54) is 23.0 Å². The first kappa shape index (κ1) is 25.4. The molecule has 0 atom stereocenters. The molecule has 1 saturated carbocycles. The number of hydrogen-bond donors (Lipinski definition) is 2. The molecule has 0 saturated heterocycles. The summed E-state index contributed by atoms with van der Waals surface area (Å²) in [6, 6.07) is 5.31. The number of nitrogens with one attached hydrogen (secondary N) is 1. The van der Waals surface area contributed by atoms with Gasteiger partial charge in [-0.05, 0) is 50.0 Å². The molecular weight excluding hydrogens is 469 g/mol. The Morgan fingerprint density at radius 3 is 2.44 bits per heavy atom. The minimum atomic E-state index is -4.39. The summed E-state index contributed by atoms with van der Waals surface area (Å²) in [6.45, 7) is 7.77. The monoisotopic (exact) mass is 498 g/mol. The molecule has 1 fully saturated rings. The van der Waals surface area contributed by atoms with Crippen LogP contribution >= 0.6 is 0 Å². The van der Waals surface area contributed by atoms with Crippen molar-refractivity contribution in [3.8, 4) is 5.95 Å². The lowest BCUT2D eigenvalue weighted by atomic mass is 9.69. The number of amides is 1. The number of aryl methyl sites for hydroxylation is 1. The maximum absolute atomic E-state index is 13.3. The van der Waals surface area contributed by atoms with Gasteiger partial charge in [-0.1, -0.05) is 38.0 Å². The Bertz CT molecular complexity index is 1270. The fraction of sp³-hybridized carbons (Fsp3) is 0.385. The molecule has 0 radical (unpaired) electrons. The van der Waals surface area contributed by atoms with Crippen LogP contribution < -0.4 is 11.1 Å². The highest BCUT2D eigenvalue weighted by Crippen LogP contribution is 2.40. The number of alkyl halides is 3. The largest absolute Gasteiger partial charge is 0.416 e. The number of carbonyl (C=O) groups is 1. The molecular formula is C26H29F3N6O. The number of hydrogen-bond acceptors (Lipinski definition) is 5. The van der Waals surface area contributed by atoms with E-state index in [1.54, 1.807) is 20.0 Å². The summed E-state index contributed by atoms with van der Waals surface area (Å²) < 4.78 is 40.6. The van der Waals surface area contributed by atoms with Crippen molar-refractivity contribution in [1.82, 2.24) is 25.1 Å². The number of aromatic nitrogens is 4. The molecule has 10 heteroatoms. The fourth-order valence-electron chi connectivity index (χ4n) is 4.67. The van der Waals surface area contributed by atoms with Gasteiger partial charge in [-0.15, -0.1) is 0 Å². The number of carbonyl (C=O) groups excluding carboxylic acids is 1. The van der Waals surface area contributed by atoms with Gasteiger partial charge in [0.25, 0.3) is 11.9 Å². The van der Waals surface area contributed by atoms with Crippen molar-refractivity contribution in [3.05, 3.63) is 71.2 Å². The Kier molecular flexibility index (Phi) is 6.88. The van der Waals surface area contributed by atoms with E-state index in [4.69, 9.17) is 5.73 Å². The second-order valence-corrected chi connectivity index (χ2v) is 9.45. The minimum Gasteiger partial charge on any atom is -0.383 e. The van der Waals surface area contributed by atoms with Gasteiger partial charge in [0.05, 0.1) is 11.1 Å². The molecule has 0 bridgehead atoms. The second kappa shape index (κ2) is 9.75. The van der Waals surface area contributed by atoms with E-state index in [-0.39, 0.29) is 11.9 Å². The highest BCUT2D eigenvalue weighted by molar-refractivity contribution is 5.98. The van der Waals surface area contributed by atoms with Gasteiger partial charge in [0, 0.05) is 29.9 Å². The van der Waals surface area contributed by atoms with Crippen molar-refractivity contribution in [2.75, 3.05) is 12.3 Å². The molecule has 2 aromatic heterocycles. The summed E-state index contributed by atoms with van der Waals surface area (Å²) >= 11 is 0. The number of allylic oxidation sites excluding steroid dienone is 1. The number of anilines is 1. The zero-order chi connectivity index (χ0) is 26.1. The number of nitrogen functional groups attached to an aromatic ring is 1. The molecule has 2 heterocycles. The molecule has 3 N–H and O–H groups in total. The topological polar surface area (TPSA) is 98.7 Å². The highest BCUT2D eigenvalue weighted by Gasteiger charge is 2.36. The van der Waals surface area contributed by atoms with Crippen LogP contribution in [0.1, 0.15) is 71.8 Å². The van der Waals surface area contributed by atoms with Crippen LogP contribution in [0.2, 0.25) is 0 Å². The van der Waals surface area contributed by atoms with Crippen LogP contribution in [0.25, 0.3) is 11.5 Å². The van der Waals surface area contributed by atoms with Gasteiger partial charge < -0.3 is 11.1 Å². The SMILES string of the molecule is C=C(C)c1nn(-c2ncc(C)c(N)n2)cc1C(=O)NCC1(c2ccc(C(F)(F)F)cc2)CCCCC1. The van der Waals surface area contributed by atoms with Crippen molar-refractivity contribution >= 4 is 17.3 Å². The first-order chi connectivity index (χ1) is 17.0. The number of benzene rings is 1. The summed E-state index contributed by atoms with van der Waals surface area (Å²) in [4.78, 5) is 21.8. The lowest BCUT2D eigenvalue weighted by Gasteiger charge is -2.38. The summed E-state index contributed by atoms with van der Waals surface area (Å²) in [5.41, 5.74) is 7.62. The molecule has 7 nitrogen and oxygen atoms in total. The van der Waals surface area contributed by atoms with Crippen molar-refractivity contribution in [2.24, 2.45) is 0 Å². The zero-order valence-electron chi connectivity index (χ0n) is 20.3. The van der Waals surface area contributed by atoms with Crippen molar-refractivity contribution in [2.45, 2.75) is 57.5 Å². The van der Waals surface area contributed by atoms with Crippen LogP contribution in [-0.2, 0) is 11.6 Å². The normalized spacial score (nSPS) is 15.5. The molecule has 1 aliphatic carbocycles. The van der Waals surface area contributed by atoms with E-state index in [0.717, 1.165) is 55.4 Å². The highest BCUT2D eigenvalue weighted by atomic mass is 19.4. The van der Waals surface area contributed by atoms with Gasteiger partial charge in [-0.2, -0.15) is 23.3 Å². The maximum Gasteiger partial charge on any atom is 0.416 e. The average molecular weight is 499 g/mol. The lowest BCUT2D eigenvalue weighted by molar-refractivity contribution is -0.137. The summed E-state index contributed by atoms with van der Waals surface area (Å²) in [5.74, 6) is 0.193. The third-order valence-corrected chi connectivity index (χ3v) is 6.79. The zero-order valence-corrected chi connectivity index (χ0v) is 20.3. The molecule has 4 rings (SSSR count). The molecule has 1 aromatic carbocycles. The molecule has 0 aliphatic heterocycles. The fourth-order valence-corrected chi connectivity index (χ4v) is 4.67. The minimum absolute atomic E-state index is 0.230. The van der Waals surface area contributed by atoms with Gasteiger partial charge >= 0.3 is 6.18 Å². The Morgan fingerprint density at radius 1 is 1.19 bits per heavy atom. The molecule has 0 spiro atoms. The van der Waals surface area contributed by atoms with Gasteiger partial charge in [0.1, 0.15) is 11.5 Å². The van der Waals surface area contributed by atoms with E-state index in [2.05, 4.69) is 27.0 Å². The number of nitrogens with two attached hydrogens (primary N) is 1. The molecule has 36 heavy (non-hydrogen) atoms. The first-order valence-electron chi connectivity index (χ1n) is 11.8. The third-order valence-electron chi connectivity index (χ3n) is 6.79. The van der Waals surface area contributed by atoms with Crippen LogP contribution in [0.15, 0.2) is 43.2 Å². The van der Waals surface area contributed by atoms with E-state index in [9.17, 15) is 18.0 Å². The van der Waals surface area contributed by atoms with Crippen molar-refractivity contribution in [1.29, 1.82) is 0 Å². The van der Waals surface area contributed by atoms with Crippen LogP contribution in [0.5, 0.6) is 0 Å². The molecule has 190 valence electrons. The Labute approximate surface area is 207 Å². The van der Waals surface area contributed by atoms with Crippen LogP contribution in [0.4, 0.5) is 19.0 Å². The van der Waals surface area contributed by atoms with Crippen molar-refractivity contribution in [3.63, 3.8) is 0 Å². The second-order valence-electron chi connectivity index (χ2n) is 9.45. The quantitative estimate of drug-likeness (QED) is 0.485. The van der Waals surface area contributed by atoms with E-state index in [1.807, 2.05) is 0 Å². The standard InChI is InChI=1S/C26H29F3N6O/c1-16(2)21-20(14-35(34-21)24-31-13-17(3)22(30)33-24)23(36)32-15-25(11-5-4-6-12-25)18-7-9-19(10-8-18)26(27,28)29/h7-10,13-14H,1,4-6,11-12,15H2,2-3H3,(H,32,36)(H2,30,31,33). The van der Waals surface area contributed by atoms with Gasteiger partial charge in [0.15, 0.2) is 0 Å². The summed E-state index contributed by atoms with van der Waals surface area (Å²) in [5, 5.41) is 7.46. The Balaban J connectivity index is 1.60. The summed E-state index contributed by atoms with van der Waals surface area (Å²) in [7, 11) is 0. The van der Waals surface area contributed by atoms with Gasteiger partial charge in [0.2, 0.25) is 0 Å². The predicted molar refractivity (Wildman–Crippen MR) is 132 cm³/mol. The van der Waals surface area contributed by atoms with Crippen LogP contribution in [0.3, 0.4) is 0 Å². The van der Waals surface area contributed by atoms with Crippen LogP contribution in [0, 0.1) is 6.92 Å². The van der Waals surface area contributed by atoms with Gasteiger partial charge in [-0.25, -0.2) is 9.67 Å². The number of rotatable bonds is 6. The third kappa shape index (κ3) is 5.12. The molecule has 0 unspecified atom stereocenters. The lowest BCUT2D eigenvalue weighted by Crippen LogP contribution is -2.42. The van der Waals surface area contributed by atoms with E-state index >= 15 is 0 Å². The smallest absolute Gasteiger partial charge is 0.383 e. The number of nitrogens with zero attached hydrogens (tertiary/aromatic N) is 4. The average Bonchev–Trinajstić information content (AvgIpc) is 3.30. The van der Waals surface area contributed by atoms with Gasteiger partial charge in [-0.3, -0.25) is 4.79 Å². The van der Waals surface area contributed by atoms with Crippen molar-refractivity contribution < 1.29 is 18.0 Å².